The first-order valence-electron chi connectivity index (χ1n) is 7.77. The lowest BCUT2D eigenvalue weighted by Gasteiger charge is -2.12. The van der Waals surface area contributed by atoms with E-state index in [2.05, 4.69) is 60.8 Å². The van der Waals surface area contributed by atoms with Gasteiger partial charge in [0.1, 0.15) is 0 Å². The molecule has 1 aliphatic carbocycles. The topological polar surface area (TPSA) is 12.0 Å². The second kappa shape index (κ2) is 6.13. The van der Waals surface area contributed by atoms with Crippen molar-refractivity contribution in [2.45, 2.75) is 45.1 Å². The van der Waals surface area contributed by atoms with Crippen molar-refractivity contribution >= 4 is 5.69 Å². The van der Waals surface area contributed by atoms with Crippen molar-refractivity contribution in [1.82, 2.24) is 0 Å². The summed E-state index contributed by atoms with van der Waals surface area (Å²) >= 11 is 0. The van der Waals surface area contributed by atoms with Crippen LogP contribution in [-0.2, 0) is 13.0 Å². The Morgan fingerprint density at radius 2 is 1.90 bits per heavy atom. The van der Waals surface area contributed by atoms with Crippen molar-refractivity contribution in [3.8, 4) is 0 Å². The fraction of sp³-hybridized carbons (Fsp3) is 0.368. The molecule has 0 unspecified atom stereocenters. The van der Waals surface area contributed by atoms with Gasteiger partial charge in [-0.2, -0.15) is 0 Å². The van der Waals surface area contributed by atoms with Crippen LogP contribution in [0.4, 0.5) is 5.69 Å². The van der Waals surface area contributed by atoms with Crippen molar-refractivity contribution < 1.29 is 0 Å². The van der Waals surface area contributed by atoms with Gasteiger partial charge in [0.2, 0.25) is 0 Å². The number of hydrogen-bond donors (Lipinski definition) is 1. The second-order valence-electron chi connectivity index (χ2n) is 5.78. The molecular formula is C19H23N. The van der Waals surface area contributed by atoms with Gasteiger partial charge in [-0.15, -0.1) is 0 Å². The highest BCUT2D eigenvalue weighted by Crippen LogP contribution is 2.40. The van der Waals surface area contributed by atoms with Crippen molar-refractivity contribution in [3.63, 3.8) is 0 Å². The van der Waals surface area contributed by atoms with Gasteiger partial charge in [-0.3, -0.25) is 0 Å². The summed E-state index contributed by atoms with van der Waals surface area (Å²) in [5.74, 6) is 0.835. The molecule has 1 N–H and O–H groups in total. The molecule has 3 rings (SSSR count). The third-order valence-corrected chi connectivity index (χ3v) is 4.02. The van der Waals surface area contributed by atoms with Crippen molar-refractivity contribution in [1.29, 1.82) is 0 Å². The average molecular weight is 265 g/mol. The fourth-order valence-electron chi connectivity index (χ4n) is 2.75. The Kier molecular flexibility index (Phi) is 4.05. The first-order valence-corrected chi connectivity index (χ1v) is 7.77. The van der Waals surface area contributed by atoms with Gasteiger partial charge in [0.25, 0.3) is 0 Å². The standard InChI is InChI=1S/C19H23N/c1-2-6-17-8-3-4-10-19(17)20-14-15-7-5-9-18(13-15)16-11-12-16/h3-5,7-10,13,16,20H,2,6,11-12,14H2,1H3. The molecule has 0 atom stereocenters. The van der Waals surface area contributed by atoms with Gasteiger partial charge in [-0.1, -0.05) is 55.8 Å². The molecule has 1 nitrogen and oxygen atoms in total. The van der Waals surface area contributed by atoms with E-state index in [9.17, 15) is 0 Å². The van der Waals surface area contributed by atoms with E-state index in [1.807, 2.05) is 0 Å². The lowest BCUT2D eigenvalue weighted by atomic mass is 10.1. The summed E-state index contributed by atoms with van der Waals surface area (Å²) < 4.78 is 0. The van der Waals surface area contributed by atoms with Gasteiger partial charge in [-0.25, -0.2) is 0 Å². The number of benzene rings is 2. The maximum atomic E-state index is 3.60. The monoisotopic (exact) mass is 265 g/mol. The van der Waals surface area contributed by atoms with Gasteiger partial charge in [0, 0.05) is 12.2 Å². The van der Waals surface area contributed by atoms with E-state index >= 15 is 0 Å². The van der Waals surface area contributed by atoms with E-state index in [-0.39, 0.29) is 0 Å². The van der Waals surface area contributed by atoms with Gasteiger partial charge >= 0.3 is 0 Å². The number of aryl methyl sites for hydroxylation is 1. The highest BCUT2D eigenvalue weighted by Gasteiger charge is 2.23. The molecule has 0 aliphatic heterocycles. The molecule has 1 fully saturated rings. The summed E-state index contributed by atoms with van der Waals surface area (Å²) in [7, 11) is 0. The molecular weight excluding hydrogens is 242 g/mol. The van der Waals surface area contributed by atoms with Gasteiger partial charge in [0.05, 0.1) is 0 Å². The van der Waals surface area contributed by atoms with Gasteiger partial charge < -0.3 is 5.32 Å². The summed E-state index contributed by atoms with van der Waals surface area (Å²) in [6, 6.07) is 17.7. The van der Waals surface area contributed by atoms with Crippen LogP contribution < -0.4 is 5.32 Å². The summed E-state index contributed by atoms with van der Waals surface area (Å²) in [5, 5.41) is 3.60. The van der Waals surface area contributed by atoms with E-state index in [0.29, 0.717) is 0 Å². The highest BCUT2D eigenvalue weighted by molar-refractivity contribution is 5.51. The number of hydrogen-bond acceptors (Lipinski definition) is 1. The SMILES string of the molecule is CCCc1ccccc1NCc1cccc(C2CC2)c1. The number of rotatable bonds is 6. The minimum absolute atomic E-state index is 0.835. The smallest absolute Gasteiger partial charge is 0.0400 e. The van der Waals surface area contributed by atoms with Gasteiger partial charge in [0.15, 0.2) is 0 Å². The molecule has 0 aromatic heterocycles. The van der Waals surface area contributed by atoms with Crippen LogP contribution in [0.2, 0.25) is 0 Å². The zero-order chi connectivity index (χ0) is 13.8. The van der Waals surface area contributed by atoms with Crippen LogP contribution in [0.1, 0.15) is 48.8 Å². The van der Waals surface area contributed by atoms with Crippen molar-refractivity contribution in [3.05, 3.63) is 65.2 Å². The van der Waals surface area contributed by atoms with Crippen LogP contribution >= 0.6 is 0 Å². The maximum absolute atomic E-state index is 3.60. The maximum Gasteiger partial charge on any atom is 0.0400 e. The Morgan fingerprint density at radius 3 is 2.70 bits per heavy atom. The Hall–Kier alpha value is -1.76. The van der Waals surface area contributed by atoms with E-state index in [1.54, 1.807) is 0 Å². The summed E-state index contributed by atoms with van der Waals surface area (Å²) in [5.41, 5.74) is 5.62. The van der Waals surface area contributed by atoms with Crippen LogP contribution in [0.5, 0.6) is 0 Å². The quantitative estimate of drug-likeness (QED) is 0.763. The van der Waals surface area contributed by atoms with Crippen LogP contribution in [0.25, 0.3) is 0 Å². The molecule has 2 aromatic carbocycles. The zero-order valence-corrected chi connectivity index (χ0v) is 12.2. The Morgan fingerprint density at radius 1 is 1.05 bits per heavy atom. The molecule has 0 saturated heterocycles. The predicted molar refractivity (Wildman–Crippen MR) is 86.2 cm³/mol. The van der Waals surface area contributed by atoms with Crippen LogP contribution in [0, 0.1) is 0 Å². The average Bonchev–Trinajstić information content (AvgIpc) is 3.32. The molecule has 0 radical (unpaired) electrons. The van der Waals surface area contributed by atoms with E-state index in [4.69, 9.17) is 0 Å². The second-order valence-corrected chi connectivity index (χ2v) is 5.78. The third-order valence-electron chi connectivity index (χ3n) is 4.02. The zero-order valence-electron chi connectivity index (χ0n) is 12.2. The predicted octanol–water partition coefficient (Wildman–Crippen LogP) is 5.13. The molecule has 0 spiro atoms. The molecule has 0 bridgehead atoms. The first kappa shape index (κ1) is 13.2. The molecule has 0 heterocycles. The number of anilines is 1. The van der Waals surface area contributed by atoms with E-state index < -0.39 is 0 Å². The lowest BCUT2D eigenvalue weighted by molar-refractivity contribution is 0.919. The summed E-state index contributed by atoms with van der Waals surface area (Å²) in [4.78, 5) is 0. The van der Waals surface area contributed by atoms with Crippen LogP contribution in [0.15, 0.2) is 48.5 Å². The normalized spacial score (nSPS) is 14.2. The third kappa shape index (κ3) is 3.22. The minimum atomic E-state index is 0.835. The van der Waals surface area contributed by atoms with Crippen LogP contribution in [0.3, 0.4) is 0 Å². The fourth-order valence-corrected chi connectivity index (χ4v) is 2.75. The molecule has 2 aromatic rings. The largest absolute Gasteiger partial charge is 0.381 e. The number of nitrogens with one attached hydrogen (secondary N) is 1. The van der Waals surface area contributed by atoms with Crippen molar-refractivity contribution in [2.75, 3.05) is 5.32 Å². The molecule has 20 heavy (non-hydrogen) atoms. The van der Waals surface area contributed by atoms with E-state index in [1.165, 1.54) is 41.6 Å². The van der Waals surface area contributed by atoms with Gasteiger partial charge in [-0.05, 0) is 47.9 Å². The van der Waals surface area contributed by atoms with Crippen LogP contribution in [-0.4, -0.2) is 0 Å². The first-order chi connectivity index (χ1) is 9.86. The minimum Gasteiger partial charge on any atom is -0.381 e. The molecule has 1 aliphatic rings. The molecule has 0 amide bonds. The molecule has 104 valence electrons. The number of para-hydroxylation sites is 1. The van der Waals surface area contributed by atoms with E-state index in [0.717, 1.165) is 18.9 Å². The Labute approximate surface area is 122 Å². The lowest BCUT2D eigenvalue weighted by Crippen LogP contribution is -2.02. The highest BCUT2D eigenvalue weighted by atomic mass is 14.9. The Balaban J connectivity index is 1.68. The Bertz CT molecular complexity index is 569. The molecule has 1 heteroatoms. The summed E-state index contributed by atoms with van der Waals surface area (Å²) in [6.07, 6.45) is 5.08. The summed E-state index contributed by atoms with van der Waals surface area (Å²) in [6.45, 7) is 3.15. The molecule has 1 saturated carbocycles. The van der Waals surface area contributed by atoms with Crippen molar-refractivity contribution in [2.24, 2.45) is 0 Å².